The molecular weight excluding hydrogens is 280 g/mol. The number of Topliss-reactive ketones (excluding diaryl/α,β-unsaturated/α-hetero) is 1. The predicted molar refractivity (Wildman–Crippen MR) is 79.5 cm³/mol. The summed E-state index contributed by atoms with van der Waals surface area (Å²) in [6, 6.07) is 9.58. The molecule has 22 heavy (non-hydrogen) atoms. The van der Waals surface area contributed by atoms with E-state index >= 15 is 0 Å². The van der Waals surface area contributed by atoms with Gasteiger partial charge in [0.05, 0.1) is 7.11 Å². The van der Waals surface area contributed by atoms with E-state index in [1.54, 1.807) is 7.11 Å². The van der Waals surface area contributed by atoms with Crippen LogP contribution in [-0.4, -0.2) is 12.9 Å². The molecule has 1 aliphatic carbocycles. The fraction of sp³-hybridized carbons (Fsp3) is 0.294. The molecule has 1 aromatic rings. The summed E-state index contributed by atoms with van der Waals surface area (Å²) in [5, 5.41) is 9.45. The van der Waals surface area contributed by atoms with Crippen LogP contribution in [0.5, 0.6) is 5.75 Å². The molecule has 1 aromatic carbocycles. The van der Waals surface area contributed by atoms with E-state index in [0.29, 0.717) is 24.8 Å². The molecule has 0 aromatic heterocycles. The maximum absolute atomic E-state index is 11.8. The molecule has 0 bridgehead atoms. The van der Waals surface area contributed by atoms with Crippen molar-refractivity contribution in [2.75, 3.05) is 7.11 Å². The highest BCUT2D eigenvalue weighted by atomic mass is 16.5. The Morgan fingerprint density at radius 2 is 2.05 bits per heavy atom. The lowest BCUT2D eigenvalue weighted by atomic mass is 9.78. The molecule has 0 amide bonds. The molecule has 0 saturated carbocycles. The lowest BCUT2D eigenvalue weighted by Gasteiger charge is -2.31. The van der Waals surface area contributed by atoms with E-state index in [4.69, 9.17) is 15.2 Å². The summed E-state index contributed by atoms with van der Waals surface area (Å²) in [6.07, 6.45) is 1.31. The minimum absolute atomic E-state index is 0.136. The van der Waals surface area contributed by atoms with E-state index in [9.17, 15) is 10.1 Å². The lowest BCUT2D eigenvalue weighted by Crippen LogP contribution is -2.25. The van der Waals surface area contributed by atoms with Gasteiger partial charge in [0, 0.05) is 25.2 Å². The van der Waals surface area contributed by atoms with E-state index in [1.165, 1.54) is 0 Å². The Hall–Kier alpha value is -2.74. The van der Waals surface area contributed by atoms with E-state index in [2.05, 4.69) is 6.07 Å². The maximum atomic E-state index is 11.8. The largest absolute Gasteiger partial charge is 0.497 e. The average Bonchev–Trinajstić information content (AvgIpc) is 2.54. The molecule has 0 spiro atoms. The molecule has 0 fully saturated rings. The first-order valence-electron chi connectivity index (χ1n) is 7.09. The van der Waals surface area contributed by atoms with Crippen molar-refractivity contribution in [3.05, 3.63) is 52.6 Å². The number of ether oxygens (including phenoxy) is 2. The van der Waals surface area contributed by atoms with Crippen LogP contribution in [0.4, 0.5) is 0 Å². The van der Waals surface area contributed by atoms with Crippen molar-refractivity contribution in [2.45, 2.75) is 25.2 Å². The van der Waals surface area contributed by atoms with Crippen molar-refractivity contribution in [3.8, 4) is 11.8 Å². The normalized spacial score (nSPS) is 21.1. The predicted octanol–water partition coefficient (Wildman–Crippen LogP) is 2.51. The number of nitrogens with two attached hydrogens (primary N) is 1. The molecule has 1 unspecified atom stereocenters. The van der Waals surface area contributed by atoms with Crippen molar-refractivity contribution < 1.29 is 14.3 Å². The van der Waals surface area contributed by atoms with E-state index in [-0.39, 0.29) is 17.6 Å². The fourth-order valence-corrected chi connectivity index (χ4v) is 2.98. The minimum atomic E-state index is -0.316. The van der Waals surface area contributed by atoms with Gasteiger partial charge in [0.25, 0.3) is 0 Å². The number of benzene rings is 1. The number of hydrogen-bond acceptors (Lipinski definition) is 5. The minimum Gasteiger partial charge on any atom is -0.497 e. The summed E-state index contributed by atoms with van der Waals surface area (Å²) in [6.45, 7) is 0. The molecule has 1 heterocycles. The first kappa shape index (κ1) is 14.2. The number of methoxy groups -OCH3 is 1. The second-order valence-corrected chi connectivity index (χ2v) is 5.36. The number of carbonyl (C=O) groups is 1. The average molecular weight is 296 g/mol. The number of nitriles is 1. The number of rotatable bonds is 2. The van der Waals surface area contributed by atoms with Gasteiger partial charge in [0.2, 0.25) is 5.88 Å². The molecule has 112 valence electrons. The highest BCUT2D eigenvalue weighted by Gasteiger charge is 2.35. The Morgan fingerprint density at radius 1 is 1.32 bits per heavy atom. The van der Waals surface area contributed by atoms with E-state index in [1.807, 2.05) is 24.3 Å². The summed E-state index contributed by atoms with van der Waals surface area (Å²) in [7, 11) is 1.60. The molecule has 5 heteroatoms. The summed E-state index contributed by atoms with van der Waals surface area (Å²) in [5.74, 6) is 1.45. The Kier molecular flexibility index (Phi) is 3.60. The summed E-state index contributed by atoms with van der Waals surface area (Å²) < 4.78 is 10.7. The molecule has 5 nitrogen and oxygen atoms in total. The molecule has 0 saturated heterocycles. The van der Waals surface area contributed by atoms with Gasteiger partial charge < -0.3 is 15.2 Å². The fourth-order valence-electron chi connectivity index (χ4n) is 2.98. The zero-order valence-electron chi connectivity index (χ0n) is 12.3. The zero-order valence-corrected chi connectivity index (χ0v) is 12.3. The summed E-state index contributed by atoms with van der Waals surface area (Å²) >= 11 is 0. The Morgan fingerprint density at radius 3 is 2.68 bits per heavy atom. The number of hydrogen-bond donors (Lipinski definition) is 1. The van der Waals surface area contributed by atoms with Crippen molar-refractivity contribution in [1.29, 1.82) is 5.26 Å². The second-order valence-electron chi connectivity index (χ2n) is 5.36. The molecule has 1 aliphatic heterocycles. The van der Waals surface area contributed by atoms with Crippen LogP contribution >= 0.6 is 0 Å². The van der Waals surface area contributed by atoms with Crippen LogP contribution in [0.3, 0.4) is 0 Å². The van der Waals surface area contributed by atoms with Crippen molar-refractivity contribution in [2.24, 2.45) is 5.73 Å². The third-order valence-corrected chi connectivity index (χ3v) is 4.08. The first-order valence-corrected chi connectivity index (χ1v) is 7.09. The number of allylic oxidation sites excluding steroid dienone is 3. The summed E-state index contributed by atoms with van der Waals surface area (Å²) in [4.78, 5) is 11.8. The van der Waals surface area contributed by atoms with Gasteiger partial charge in [-0.1, -0.05) is 12.1 Å². The molecule has 1 atom stereocenters. The van der Waals surface area contributed by atoms with Gasteiger partial charge in [0.15, 0.2) is 0 Å². The number of carbonyl (C=O) groups excluding carboxylic acids is 1. The van der Waals surface area contributed by atoms with Gasteiger partial charge in [-0.05, 0) is 23.3 Å². The third-order valence-electron chi connectivity index (χ3n) is 4.08. The van der Waals surface area contributed by atoms with Crippen LogP contribution in [0.15, 0.2) is 47.1 Å². The monoisotopic (exact) mass is 296 g/mol. The van der Waals surface area contributed by atoms with Crippen LogP contribution < -0.4 is 10.5 Å². The molecule has 3 rings (SSSR count). The smallest absolute Gasteiger partial charge is 0.205 e. The Balaban J connectivity index is 2.09. The van der Waals surface area contributed by atoms with E-state index < -0.39 is 0 Å². The highest BCUT2D eigenvalue weighted by Crippen LogP contribution is 2.44. The quantitative estimate of drug-likeness (QED) is 0.906. The topological polar surface area (TPSA) is 85.3 Å². The number of ketones is 1. The molecular formula is C17H16N2O3. The van der Waals surface area contributed by atoms with Crippen molar-refractivity contribution in [3.63, 3.8) is 0 Å². The van der Waals surface area contributed by atoms with Crippen LogP contribution in [0.1, 0.15) is 30.7 Å². The van der Waals surface area contributed by atoms with Gasteiger partial charge in [-0.3, -0.25) is 4.79 Å². The van der Waals surface area contributed by atoms with Crippen LogP contribution in [0, 0.1) is 11.3 Å². The highest BCUT2D eigenvalue weighted by molar-refractivity contribution is 5.83. The SMILES string of the molecule is COc1ccc(C2C(C#N)=C(N)OC3=C2CC(=O)CC3)cc1. The van der Waals surface area contributed by atoms with Gasteiger partial charge in [0.1, 0.15) is 28.9 Å². The summed E-state index contributed by atoms with van der Waals surface area (Å²) in [5.41, 5.74) is 8.03. The van der Waals surface area contributed by atoms with Crippen LogP contribution in [0.2, 0.25) is 0 Å². The van der Waals surface area contributed by atoms with Gasteiger partial charge in [-0.2, -0.15) is 5.26 Å². The maximum Gasteiger partial charge on any atom is 0.205 e. The lowest BCUT2D eigenvalue weighted by molar-refractivity contribution is -0.119. The van der Waals surface area contributed by atoms with Crippen molar-refractivity contribution >= 4 is 5.78 Å². The molecule has 2 N–H and O–H groups in total. The second kappa shape index (κ2) is 5.57. The van der Waals surface area contributed by atoms with Gasteiger partial charge >= 0.3 is 0 Å². The first-order chi connectivity index (χ1) is 10.6. The zero-order chi connectivity index (χ0) is 15.7. The van der Waals surface area contributed by atoms with Crippen LogP contribution in [0.25, 0.3) is 0 Å². The standard InChI is InChI=1S/C17H16N2O3/c1-21-12-5-2-10(3-6-12)16-13-8-11(20)4-7-15(13)22-17(19)14(16)9-18/h2-3,5-6,16H,4,7-8,19H2,1H3. The van der Waals surface area contributed by atoms with E-state index in [0.717, 1.165) is 22.6 Å². The Bertz CT molecular complexity index is 723. The molecule has 0 radical (unpaired) electrons. The van der Waals surface area contributed by atoms with Crippen molar-refractivity contribution in [1.82, 2.24) is 0 Å². The van der Waals surface area contributed by atoms with Crippen LogP contribution in [-0.2, 0) is 9.53 Å². The van der Waals surface area contributed by atoms with Gasteiger partial charge in [-0.25, -0.2) is 0 Å². The van der Waals surface area contributed by atoms with Gasteiger partial charge in [-0.15, -0.1) is 0 Å². The third kappa shape index (κ3) is 2.33. The Labute approximate surface area is 128 Å². The molecule has 2 aliphatic rings. The number of nitrogens with zero attached hydrogens (tertiary/aromatic N) is 1.